The molecule has 0 saturated heterocycles. The molecule has 0 heterocycles. The molecule has 11 heteroatoms. The van der Waals surface area contributed by atoms with Gasteiger partial charge in [-0.05, 0) is 49.2 Å². The van der Waals surface area contributed by atoms with Gasteiger partial charge in [-0.1, -0.05) is 13.0 Å². The number of aryl methyl sites for hydroxylation is 1. The Kier molecular flexibility index (Phi) is 6.62. The molecule has 0 aliphatic rings. The van der Waals surface area contributed by atoms with E-state index in [-0.39, 0.29) is 16.3 Å². The van der Waals surface area contributed by atoms with E-state index in [9.17, 15) is 27.3 Å². The number of alkyl halides is 2. The van der Waals surface area contributed by atoms with Gasteiger partial charge in [-0.2, -0.15) is 27.1 Å². The van der Waals surface area contributed by atoms with Gasteiger partial charge in [0.05, 0.1) is 15.5 Å². The molecular weight excluding hydrogens is 396 g/mol. The van der Waals surface area contributed by atoms with E-state index in [1.165, 1.54) is 43.3 Å². The lowest BCUT2D eigenvalue weighted by Crippen LogP contribution is -2.20. The zero-order valence-electron chi connectivity index (χ0n) is 14.9. The first-order chi connectivity index (χ1) is 13.1. The fraction of sp³-hybridized carbons (Fsp3) is 0.235. The van der Waals surface area contributed by atoms with Crippen molar-refractivity contribution < 1.29 is 26.9 Å². The van der Waals surface area contributed by atoms with E-state index >= 15 is 0 Å². The quantitative estimate of drug-likeness (QED) is 0.404. The Morgan fingerprint density at radius 1 is 1.25 bits per heavy atom. The minimum absolute atomic E-state index is 0.0400. The number of nitro benzene ring substituents is 1. The first-order valence-electron chi connectivity index (χ1n) is 8.02. The van der Waals surface area contributed by atoms with Crippen molar-refractivity contribution in [2.24, 2.45) is 5.10 Å². The summed E-state index contributed by atoms with van der Waals surface area (Å²) in [7, 11) is -4.14. The third kappa shape index (κ3) is 5.22. The monoisotopic (exact) mass is 413 g/mol. The van der Waals surface area contributed by atoms with Crippen molar-refractivity contribution in [3.05, 3.63) is 63.7 Å². The molecule has 0 spiro atoms. The van der Waals surface area contributed by atoms with E-state index in [4.69, 9.17) is 0 Å². The fourth-order valence-electron chi connectivity index (χ4n) is 2.30. The molecule has 2 aromatic carbocycles. The highest BCUT2D eigenvalue weighted by molar-refractivity contribution is 7.89. The molecule has 0 atom stereocenters. The van der Waals surface area contributed by atoms with Gasteiger partial charge < -0.3 is 4.74 Å². The van der Waals surface area contributed by atoms with Crippen LogP contribution in [0.2, 0.25) is 0 Å². The normalized spacial score (nSPS) is 12.1. The van der Waals surface area contributed by atoms with Crippen LogP contribution in [0.1, 0.15) is 24.5 Å². The minimum atomic E-state index is -4.14. The van der Waals surface area contributed by atoms with Crippen molar-refractivity contribution in [1.82, 2.24) is 4.83 Å². The molecule has 28 heavy (non-hydrogen) atoms. The van der Waals surface area contributed by atoms with Crippen molar-refractivity contribution >= 4 is 21.4 Å². The molecule has 0 fully saturated rings. The Balaban J connectivity index is 2.26. The van der Waals surface area contributed by atoms with Crippen LogP contribution >= 0.6 is 0 Å². The highest BCUT2D eigenvalue weighted by Gasteiger charge is 2.19. The zero-order valence-corrected chi connectivity index (χ0v) is 15.7. The van der Waals surface area contributed by atoms with Gasteiger partial charge >= 0.3 is 6.61 Å². The third-order valence-electron chi connectivity index (χ3n) is 3.74. The van der Waals surface area contributed by atoms with Crippen LogP contribution < -0.4 is 9.57 Å². The SMILES string of the molecule is CC/C(=N\NS(=O)(=O)c1ccc(C)c([N+](=O)[O-])c1)c1ccc(OC(F)F)cc1. The van der Waals surface area contributed by atoms with Gasteiger partial charge in [0.25, 0.3) is 15.7 Å². The highest BCUT2D eigenvalue weighted by Crippen LogP contribution is 2.22. The molecule has 0 unspecified atom stereocenters. The molecule has 2 rings (SSSR count). The summed E-state index contributed by atoms with van der Waals surface area (Å²) in [5, 5.41) is 14.9. The van der Waals surface area contributed by atoms with Crippen molar-refractivity contribution in [3.63, 3.8) is 0 Å². The van der Waals surface area contributed by atoms with Gasteiger partial charge in [-0.3, -0.25) is 10.1 Å². The topological polar surface area (TPSA) is 111 Å². The molecule has 0 aliphatic heterocycles. The maximum Gasteiger partial charge on any atom is 0.387 e. The first kappa shape index (κ1) is 21.2. The Bertz CT molecular complexity index is 992. The predicted octanol–water partition coefficient (Wildman–Crippen LogP) is 3.60. The van der Waals surface area contributed by atoms with Crippen LogP contribution in [0.4, 0.5) is 14.5 Å². The second-order valence-corrected chi connectivity index (χ2v) is 7.28. The average molecular weight is 413 g/mol. The Hall–Kier alpha value is -3.08. The molecule has 8 nitrogen and oxygen atoms in total. The van der Waals surface area contributed by atoms with Crippen molar-refractivity contribution in [3.8, 4) is 5.75 Å². The van der Waals surface area contributed by atoms with E-state index in [0.717, 1.165) is 6.07 Å². The van der Waals surface area contributed by atoms with Crippen molar-refractivity contribution in [2.75, 3.05) is 0 Å². The van der Waals surface area contributed by atoms with E-state index < -0.39 is 21.6 Å². The van der Waals surface area contributed by atoms with E-state index in [2.05, 4.69) is 9.84 Å². The number of halogens is 2. The van der Waals surface area contributed by atoms with Crippen molar-refractivity contribution in [1.29, 1.82) is 0 Å². The molecule has 0 aromatic heterocycles. The second-order valence-electron chi connectivity index (χ2n) is 5.62. The Labute approximate surface area is 160 Å². The fourth-order valence-corrected chi connectivity index (χ4v) is 3.15. The van der Waals surface area contributed by atoms with Crippen molar-refractivity contribution in [2.45, 2.75) is 31.8 Å². The van der Waals surface area contributed by atoms with Crippen LogP contribution in [-0.2, 0) is 10.0 Å². The molecular formula is C17H17F2N3O5S. The van der Waals surface area contributed by atoms with Crippen LogP contribution in [0, 0.1) is 17.0 Å². The Morgan fingerprint density at radius 3 is 2.43 bits per heavy atom. The lowest BCUT2D eigenvalue weighted by Gasteiger charge is -2.09. The Morgan fingerprint density at radius 2 is 1.89 bits per heavy atom. The first-order valence-corrected chi connectivity index (χ1v) is 9.51. The number of hydrogen-bond donors (Lipinski definition) is 1. The number of sulfonamides is 1. The lowest BCUT2D eigenvalue weighted by atomic mass is 10.1. The summed E-state index contributed by atoms with van der Waals surface area (Å²) in [6, 6.07) is 9.07. The van der Waals surface area contributed by atoms with Gasteiger partial charge in [0.2, 0.25) is 0 Å². The molecule has 2 aromatic rings. The third-order valence-corrected chi connectivity index (χ3v) is 4.94. The van der Waals surface area contributed by atoms with E-state index in [0.29, 0.717) is 23.3 Å². The molecule has 1 N–H and O–H groups in total. The van der Waals surface area contributed by atoms with Crippen LogP contribution in [0.15, 0.2) is 52.5 Å². The molecule has 0 bridgehead atoms. The molecule has 0 amide bonds. The minimum Gasteiger partial charge on any atom is -0.435 e. The second kappa shape index (κ2) is 8.74. The summed E-state index contributed by atoms with van der Waals surface area (Å²) in [4.78, 5) is 12.1. The summed E-state index contributed by atoms with van der Waals surface area (Å²) >= 11 is 0. The summed E-state index contributed by atoms with van der Waals surface area (Å²) in [6.07, 6.45) is 0.339. The molecule has 0 aliphatic carbocycles. The molecule has 0 radical (unpaired) electrons. The summed E-state index contributed by atoms with van der Waals surface area (Å²) < 4.78 is 53.5. The number of rotatable bonds is 8. The number of ether oxygens (including phenoxy) is 1. The number of nitro groups is 1. The molecule has 0 saturated carbocycles. The standard InChI is InChI=1S/C17H17F2N3O5S/c1-3-15(12-5-7-13(8-6-12)27-17(18)19)20-21-28(25,26)14-9-4-11(2)16(10-14)22(23)24/h4-10,17,21H,3H2,1-2H3/b20-15+. The number of hydrogen-bond acceptors (Lipinski definition) is 6. The number of hydrazone groups is 1. The van der Waals surface area contributed by atoms with Crippen LogP contribution in [0.5, 0.6) is 5.75 Å². The van der Waals surface area contributed by atoms with E-state index in [1.807, 2.05) is 4.83 Å². The summed E-state index contributed by atoms with van der Waals surface area (Å²) in [5.41, 5.74) is 0.848. The average Bonchev–Trinajstić information content (AvgIpc) is 2.63. The van der Waals surface area contributed by atoms with Crippen LogP contribution in [-0.4, -0.2) is 25.7 Å². The number of nitrogens with zero attached hydrogens (tertiary/aromatic N) is 2. The predicted molar refractivity (Wildman–Crippen MR) is 98.1 cm³/mol. The van der Waals surface area contributed by atoms with Gasteiger partial charge in [-0.25, -0.2) is 0 Å². The molecule has 150 valence electrons. The highest BCUT2D eigenvalue weighted by atomic mass is 32.2. The van der Waals surface area contributed by atoms with Crippen LogP contribution in [0.3, 0.4) is 0 Å². The van der Waals surface area contributed by atoms with Crippen LogP contribution in [0.25, 0.3) is 0 Å². The summed E-state index contributed by atoms with van der Waals surface area (Å²) in [6.45, 7) is 0.278. The van der Waals surface area contributed by atoms with Gasteiger partial charge in [-0.15, -0.1) is 0 Å². The number of nitrogens with one attached hydrogen (secondary N) is 1. The number of benzene rings is 2. The smallest absolute Gasteiger partial charge is 0.387 e. The zero-order chi connectivity index (χ0) is 20.9. The van der Waals surface area contributed by atoms with Gasteiger partial charge in [0.1, 0.15) is 5.75 Å². The maximum absolute atomic E-state index is 12.4. The lowest BCUT2D eigenvalue weighted by molar-refractivity contribution is -0.385. The maximum atomic E-state index is 12.4. The summed E-state index contributed by atoms with van der Waals surface area (Å²) in [5.74, 6) is -0.0400. The van der Waals surface area contributed by atoms with Gasteiger partial charge in [0.15, 0.2) is 0 Å². The van der Waals surface area contributed by atoms with E-state index in [1.54, 1.807) is 6.92 Å². The van der Waals surface area contributed by atoms with Gasteiger partial charge in [0, 0.05) is 11.6 Å². The largest absolute Gasteiger partial charge is 0.435 e.